The number of nitrogens with one attached hydrogen (secondary N) is 1. The smallest absolute Gasteiger partial charge is 0.404 e. The highest BCUT2D eigenvalue weighted by Crippen LogP contribution is 2.29. The van der Waals surface area contributed by atoms with E-state index in [1.54, 1.807) is 0 Å². The molecule has 1 amide bonds. The zero-order valence-electron chi connectivity index (χ0n) is 16.9. The van der Waals surface area contributed by atoms with Crippen LogP contribution >= 0.6 is 0 Å². The van der Waals surface area contributed by atoms with Gasteiger partial charge in [-0.2, -0.15) is 0 Å². The van der Waals surface area contributed by atoms with E-state index in [2.05, 4.69) is 57.6 Å². The quantitative estimate of drug-likeness (QED) is 0.768. The maximum atomic E-state index is 10.6. The molecule has 2 aliphatic heterocycles. The van der Waals surface area contributed by atoms with E-state index in [1.807, 2.05) is 0 Å². The third-order valence-electron chi connectivity index (χ3n) is 6.11. The Bertz CT molecular complexity index is 827. The minimum atomic E-state index is -0.933. The maximum Gasteiger partial charge on any atom is 0.404 e. The lowest BCUT2D eigenvalue weighted by Gasteiger charge is -2.33. The molecule has 0 spiro atoms. The number of pyridine rings is 1. The SMILES string of the molecule is O=C(O)NCCC1CCN(c2cccc(-c3cccc(N4CCCC4)c3)n2)CC1. The summed E-state index contributed by atoms with van der Waals surface area (Å²) in [5, 5.41) is 11.2. The number of rotatable bonds is 6. The van der Waals surface area contributed by atoms with E-state index in [9.17, 15) is 4.79 Å². The number of benzene rings is 1. The van der Waals surface area contributed by atoms with Crippen LogP contribution in [0.5, 0.6) is 0 Å². The summed E-state index contributed by atoms with van der Waals surface area (Å²) in [6, 6.07) is 15.0. The van der Waals surface area contributed by atoms with Crippen molar-refractivity contribution in [1.29, 1.82) is 0 Å². The first kappa shape index (κ1) is 19.6. The first-order chi connectivity index (χ1) is 14.2. The predicted octanol–water partition coefficient (Wildman–Crippen LogP) is 4.22. The Morgan fingerprint density at radius 3 is 2.55 bits per heavy atom. The molecule has 0 aliphatic carbocycles. The van der Waals surface area contributed by atoms with Crippen LogP contribution in [0.2, 0.25) is 0 Å². The zero-order valence-corrected chi connectivity index (χ0v) is 16.9. The highest BCUT2D eigenvalue weighted by atomic mass is 16.4. The van der Waals surface area contributed by atoms with Gasteiger partial charge >= 0.3 is 6.09 Å². The molecular formula is C23H30N4O2. The first-order valence-electron chi connectivity index (χ1n) is 10.7. The van der Waals surface area contributed by atoms with Gasteiger partial charge in [0.25, 0.3) is 0 Å². The number of carboxylic acid groups (broad SMARTS) is 1. The molecular weight excluding hydrogens is 364 g/mol. The van der Waals surface area contributed by atoms with Crippen molar-refractivity contribution >= 4 is 17.6 Å². The van der Waals surface area contributed by atoms with Gasteiger partial charge in [-0.15, -0.1) is 0 Å². The summed E-state index contributed by atoms with van der Waals surface area (Å²) in [6.45, 7) is 4.78. The number of hydrogen-bond donors (Lipinski definition) is 2. The lowest BCUT2D eigenvalue weighted by atomic mass is 9.93. The summed E-state index contributed by atoms with van der Waals surface area (Å²) in [5.74, 6) is 1.62. The topological polar surface area (TPSA) is 68.7 Å². The summed E-state index contributed by atoms with van der Waals surface area (Å²) in [5.41, 5.74) is 3.49. The van der Waals surface area contributed by atoms with Crippen molar-refractivity contribution in [3.63, 3.8) is 0 Å². The highest BCUT2D eigenvalue weighted by Gasteiger charge is 2.20. The number of amides is 1. The van der Waals surface area contributed by atoms with Crippen molar-refractivity contribution in [2.75, 3.05) is 42.5 Å². The Labute approximate surface area is 172 Å². The fourth-order valence-electron chi connectivity index (χ4n) is 4.43. The molecule has 2 aromatic rings. The highest BCUT2D eigenvalue weighted by molar-refractivity contribution is 5.67. The standard InChI is InChI=1S/C23H30N4O2/c28-23(29)24-12-9-18-10-15-27(16-11-18)22-8-4-7-21(25-22)19-5-3-6-20(17-19)26-13-1-2-14-26/h3-8,17-18,24H,1-2,9-16H2,(H,28,29). The Morgan fingerprint density at radius 1 is 1.03 bits per heavy atom. The molecule has 3 heterocycles. The third kappa shape index (κ3) is 5.00. The molecule has 0 saturated carbocycles. The summed E-state index contributed by atoms with van der Waals surface area (Å²) in [4.78, 5) is 20.4. The number of aromatic nitrogens is 1. The molecule has 1 aromatic carbocycles. The van der Waals surface area contributed by atoms with Crippen molar-refractivity contribution in [3.8, 4) is 11.3 Å². The normalized spacial score (nSPS) is 17.5. The monoisotopic (exact) mass is 394 g/mol. The number of nitrogens with zero attached hydrogens (tertiary/aromatic N) is 3. The van der Waals surface area contributed by atoms with Gasteiger partial charge in [0.2, 0.25) is 0 Å². The Hall–Kier alpha value is -2.76. The van der Waals surface area contributed by atoms with E-state index in [1.165, 1.54) is 24.1 Å². The second-order valence-corrected chi connectivity index (χ2v) is 8.08. The Morgan fingerprint density at radius 2 is 1.79 bits per heavy atom. The van der Waals surface area contributed by atoms with Gasteiger partial charge in [-0.1, -0.05) is 18.2 Å². The molecule has 0 radical (unpaired) electrons. The van der Waals surface area contributed by atoms with Crippen molar-refractivity contribution < 1.29 is 9.90 Å². The van der Waals surface area contributed by atoms with Crippen LogP contribution in [0.25, 0.3) is 11.3 Å². The molecule has 2 fully saturated rings. The van der Waals surface area contributed by atoms with Crippen LogP contribution in [0.4, 0.5) is 16.3 Å². The van der Waals surface area contributed by atoms with Crippen LogP contribution in [-0.4, -0.2) is 48.9 Å². The summed E-state index contributed by atoms with van der Waals surface area (Å²) < 4.78 is 0. The van der Waals surface area contributed by atoms with Gasteiger partial charge < -0.3 is 20.2 Å². The van der Waals surface area contributed by atoms with Gasteiger partial charge in [0.1, 0.15) is 5.82 Å². The van der Waals surface area contributed by atoms with Gasteiger partial charge in [-0.05, 0) is 62.3 Å². The molecule has 4 rings (SSSR count). The summed E-state index contributed by atoms with van der Waals surface area (Å²) in [6.07, 6.45) is 4.70. The summed E-state index contributed by atoms with van der Waals surface area (Å²) in [7, 11) is 0. The average molecular weight is 395 g/mol. The fourth-order valence-corrected chi connectivity index (χ4v) is 4.43. The van der Waals surface area contributed by atoms with E-state index in [0.29, 0.717) is 12.5 Å². The van der Waals surface area contributed by atoms with Crippen LogP contribution < -0.4 is 15.1 Å². The van der Waals surface area contributed by atoms with Crippen molar-refractivity contribution in [3.05, 3.63) is 42.5 Å². The lowest BCUT2D eigenvalue weighted by Crippen LogP contribution is -2.35. The molecule has 154 valence electrons. The third-order valence-corrected chi connectivity index (χ3v) is 6.11. The molecule has 1 aromatic heterocycles. The number of carbonyl (C=O) groups is 1. The van der Waals surface area contributed by atoms with E-state index in [4.69, 9.17) is 10.1 Å². The minimum absolute atomic E-state index is 0.543. The van der Waals surface area contributed by atoms with Crippen molar-refractivity contribution in [2.45, 2.75) is 32.1 Å². The number of anilines is 2. The van der Waals surface area contributed by atoms with Crippen LogP contribution in [0.1, 0.15) is 32.1 Å². The molecule has 0 atom stereocenters. The Balaban J connectivity index is 1.39. The second kappa shape index (κ2) is 9.16. The maximum absolute atomic E-state index is 10.6. The Kier molecular flexibility index (Phi) is 6.17. The fraction of sp³-hybridized carbons (Fsp3) is 0.478. The molecule has 0 unspecified atom stereocenters. The second-order valence-electron chi connectivity index (χ2n) is 8.08. The van der Waals surface area contributed by atoms with Crippen LogP contribution in [0.15, 0.2) is 42.5 Å². The number of hydrogen-bond acceptors (Lipinski definition) is 4. The molecule has 6 nitrogen and oxygen atoms in total. The van der Waals surface area contributed by atoms with E-state index < -0.39 is 6.09 Å². The van der Waals surface area contributed by atoms with Crippen LogP contribution in [-0.2, 0) is 0 Å². The zero-order chi connectivity index (χ0) is 20.1. The van der Waals surface area contributed by atoms with Crippen molar-refractivity contribution in [1.82, 2.24) is 10.3 Å². The van der Waals surface area contributed by atoms with Gasteiger partial charge in [0.15, 0.2) is 0 Å². The predicted molar refractivity (Wildman–Crippen MR) is 117 cm³/mol. The van der Waals surface area contributed by atoms with Gasteiger partial charge in [-0.3, -0.25) is 0 Å². The molecule has 0 bridgehead atoms. The minimum Gasteiger partial charge on any atom is -0.465 e. The van der Waals surface area contributed by atoms with E-state index in [0.717, 1.165) is 57.0 Å². The number of piperidine rings is 1. The average Bonchev–Trinajstić information content (AvgIpc) is 3.29. The van der Waals surface area contributed by atoms with Crippen molar-refractivity contribution in [2.24, 2.45) is 5.92 Å². The summed E-state index contributed by atoms with van der Waals surface area (Å²) >= 11 is 0. The molecule has 2 aliphatic rings. The molecule has 6 heteroatoms. The largest absolute Gasteiger partial charge is 0.465 e. The van der Waals surface area contributed by atoms with Crippen LogP contribution in [0.3, 0.4) is 0 Å². The van der Waals surface area contributed by atoms with Gasteiger partial charge in [0, 0.05) is 44.0 Å². The first-order valence-corrected chi connectivity index (χ1v) is 10.7. The molecule has 2 saturated heterocycles. The molecule has 2 N–H and O–H groups in total. The van der Waals surface area contributed by atoms with Gasteiger partial charge in [-0.25, -0.2) is 9.78 Å². The molecule has 29 heavy (non-hydrogen) atoms. The van der Waals surface area contributed by atoms with Crippen LogP contribution in [0, 0.1) is 5.92 Å². The lowest BCUT2D eigenvalue weighted by molar-refractivity contribution is 0.193. The van der Waals surface area contributed by atoms with E-state index in [-0.39, 0.29) is 0 Å². The van der Waals surface area contributed by atoms with E-state index >= 15 is 0 Å². The van der Waals surface area contributed by atoms with Gasteiger partial charge in [0.05, 0.1) is 5.69 Å².